The van der Waals surface area contributed by atoms with E-state index in [-0.39, 0.29) is 5.91 Å². The number of sulfonamides is 1. The van der Waals surface area contributed by atoms with Crippen LogP contribution in [0, 0.1) is 0 Å². The van der Waals surface area contributed by atoms with Crippen LogP contribution in [0.4, 0.5) is 0 Å². The average molecular weight is 263 g/mol. The van der Waals surface area contributed by atoms with Gasteiger partial charge in [0, 0.05) is 27.2 Å². The molecule has 17 heavy (non-hydrogen) atoms. The number of rotatable bonds is 3. The SMILES string of the molecule is CNC1(C(=O)N(C)C)CCN(S(C)(=O)=O)CC1. The number of nitrogens with zero attached hydrogens (tertiary/aromatic N) is 2. The summed E-state index contributed by atoms with van der Waals surface area (Å²) in [5.41, 5.74) is -0.620. The molecule has 0 aromatic rings. The van der Waals surface area contributed by atoms with Gasteiger partial charge in [-0.1, -0.05) is 0 Å². The van der Waals surface area contributed by atoms with Gasteiger partial charge in [-0.3, -0.25) is 4.79 Å². The number of amides is 1. The number of carbonyl (C=O) groups is 1. The van der Waals surface area contributed by atoms with E-state index in [1.165, 1.54) is 10.6 Å². The maximum atomic E-state index is 12.1. The van der Waals surface area contributed by atoms with Gasteiger partial charge in [0.25, 0.3) is 0 Å². The third-order valence-corrected chi connectivity index (χ3v) is 4.64. The van der Waals surface area contributed by atoms with Crippen molar-refractivity contribution in [1.82, 2.24) is 14.5 Å². The van der Waals surface area contributed by atoms with Crippen LogP contribution in [0.15, 0.2) is 0 Å². The van der Waals surface area contributed by atoms with Crippen molar-refractivity contribution in [2.75, 3.05) is 40.5 Å². The van der Waals surface area contributed by atoms with E-state index in [1.807, 2.05) is 0 Å². The van der Waals surface area contributed by atoms with E-state index in [0.717, 1.165) is 0 Å². The van der Waals surface area contributed by atoms with Crippen molar-refractivity contribution in [3.8, 4) is 0 Å². The number of likely N-dealkylation sites (N-methyl/N-ethyl adjacent to an activating group) is 2. The topological polar surface area (TPSA) is 69.7 Å². The second-order valence-corrected chi connectivity index (χ2v) is 6.68. The van der Waals surface area contributed by atoms with Gasteiger partial charge < -0.3 is 10.2 Å². The molecule has 1 aliphatic rings. The van der Waals surface area contributed by atoms with Gasteiger partial charge in [-0.2, -0.15) is 0 Å². The Morgan fingerprint density at radius 3 is 2.06 bits per heavy atom. The standard InChI is InChI=1S/C10H21N3O3S/c1-11-10(9(14)12(2)3)5-7-13(8-6-10)17(4,15)16/h11H,5-8H2,1-4H3. The quantitative estimate of drug-likeness (QED) is 0.715. The van der Waals surface area contributed by atoms with Crippen LogP contribution in [-0.2, 0) is 14.8 Å². The molecule has 1 saturated heterocycles. The molecule has 0 unspecified atom stereocenters. The van der Waals surface area contributed by atoms with Crippen LogP contribution in [0.1, 0.15) is 12.8 Å². The summed E-state index contributed by atoms with van der Waals surface area (Å²) in [6.07, 6.45) is 2.22. The van der Waals surface area contributed by atoms with Crippen LogP contribution in [0.2, 0.25) is 0 Å². The Balaban J connectivity index is 2.80. The van der Waals surface area contributed by atoms with Gasteiger partial charge in [0.1, 0.15) is 5.54 Å². The third-order valence-electron chi connectivity index (χ3n) is 3.34. The highest BCUT2D eigenvalue weighted by molar-refractivity contribution is 7.88. The summed E-state index contributed by atoms with van der Waals surface area (Å²) < 4.78 is 24.2. The number of hydrogen-bond donors (Lipinski definition) is 1. The number of nitrogens with one attached hydrogen (secondary N) is 1. The van der Waals surface area contributed by atoms with Crippen molar-refractivity contribution in [3.05, 3.63) is 0 Å². The van der Waals surface area contributed by atoms with E-state index < -0.39 is 15.6 Å². The van der Waals surface area contributed by atoms with E-state index in [9.17, 15) is 13.2 Å². The van der Waals surface area contributed by atoms with Crippen LogP contribution < -0.4 is 5.32 Å². The lowest BCUT2D eigenvalue weighted by molar-refractivity contribution is -0.137. The van der Waals surface area contributed by atoms with Gasteiger partial charge >= 0.3 is 0 Å². The van der Waals surface area contributed by atoms with E-state index >= 15 is 0 Å². The molecule has 6 nitrogen and oxygen atoms in total. The Morgan fingerprint density at radius 2 is 1.76 bits per heavy atom. The molecule has 0 radical (unpaired) electrons. The van der Waals surface area contributed by atoms with Crippen molar-refractivity contribution < 1.29 is 13.2 Å². The highest BCUT2D eigenvalue weighted by atomic mass is 32.2. The van der Waals surface area contributed by atoms with Crippen LogP contribution in [0.25, 0.3) is 0 Å². The van der Waals surface area contributed by atoms with Gasteiger partial charge in [0.15, 0.2) is 0 Å². The molecule has 1 aliphatic heterocycles. The molecule has 0 saturated carbocycles. The zero-order chi connectivity index (χ0) is 13.3. The zero-order valence-corrected chi connectivity index (χ0v) is 11.7. The first kappa shape index (κ1) is 14.4. The van der Waals surface area contributed by atoms with Gasteiger partial charge in [-0.05, 0) is 19.9 Å². The lowest BCUT2D eigenvalue weighted by atomic mass is 9.87. The summed E-state index contributed by atoms with van der Waals surface area (Å²) in [5, 5.41) is 3.06. The van der Waals surface area contributed by atoms with Crippen molar-refractivity contribution in [1.29, 1.82) is 0 Å². The van der Waals surface area contributed by atoms with E-state index in [1.54, 1.807) is 26.0 Å². The molecule has 0 atom stereocenters. The van der Waals surface area contributed by atoms with E-state index in [4.69, 9.17) is 0 Å². The Labute approximate surface area is 103 Å². The van der Waals surface area contributed by atoms with Crippen LogP contribution in [0.3, 0.4) is 0 Å². The number of hydrogen-bond acceptors (Lipinski definition) is 4. The molecule has 0 aromatic heterocycles. The molecule has 100 valence electrons. The summed E-state index contributed by atoms with van der Waals surface area (Å²) in [5.74, 6) is 0.00755. The average Bonchev–Trinajstić information content (AvgIpc) is 2.26. The Bertz CT molecular complexity index is 384. The first-order valence-electron chi connectivity index (χ1n) is 5.59. The highest BCUT2D eigenvalue weighted by Gasteiger charge is 2.42. The summed E-state index contributed by atoms with van der Waals surface area (Å²) in [6.45, 7) is 0.776. The Hall–Kier alpha value is -0.660. The summed E-state index contributed by atoms with van der Waals surface area (Å²) in [7, 11) is 2.02. The fourth-order valence-corrected chi connectivity index (χ4v) is 3.04. The maximum absolute atomic E-state index is 12.1. The highest BCUT2D eigenvalue weighted by Crippen LogP contribution is 2.25. The first-order chi connectivity index (χ1) is 7.73. The van der Waals surface area contributed by atoms with E-state index in [0.29, 0.717) is 25.9 Å². The Kier molecular flexibility index (Phi) is 4.16. The van der Waals surface area contributed by atoms with Gasteiger partial charge in [-0.15, -0.1) is 0 Å². The summed E-state index contributed by atoms with van der Waals surface area (Å²) in [4.78, 5) is 13.7. The van der Waals surface area contributed by atoms with Crippen LogP contribution >= 0.6 is 0 Å². The van der Waals surface area contributed by atoms with Gasteiger partial charge in [0.2, 0.25) is 15.9 Å². The van der Waals surface area contributed by atoms with Crippen molar-refractivity contribution in [2.24, 2.45) is 0 Å². The molecule has 0 bridgehead atoms. The lowest BCUT2D eigenvalue weighted by Crippen LogP contribution is -2.60. The maximum Gasteiger partial charge on any atom is 0.242 e. The van der Waals surface area contributed by atoms with Crippen LogP contribution in [0.5, 0.6) is 0 Å². The van der Waals surface area contributed by atoms with E-state index in [2.05, 4.69) is 5.32 Å². The second kappa shape index (κ2) is 4.91. The monoisotopic (exact) mass is 263 g/mol. The van der Waals surface area contributed by atoms with Crippen molar-refractivity contribution in [3.63, 3.8) is 0 Å². The van der Waals surface area contributed by atoms with Gasteiger partial charge in [-0.25, -0.2) is 12.7 Å². The fraction of sp³-hybridized carbons (Fsp3) is 0.900. The molecular formula is C10H21N3O3S. The molecule has 1 rings (SSSR count). The minimum Gasteiger partial charge on any atom is -0.347 e. The number of piperidine rings is 1. The second-order valence-electron chi connectivity index (χ2n) is 4.69. The minimum atomic E-state index is -3.15. The Morgan fingerprint density at radius 1 is 1.29 bits per heavy atom. The molecule has 7 heteroatoms. The molecular weight excluding hydrogens is 242 g/mol. The summed E-state index contributed by atoms with van der Waals surface area (Å²) in [6, 6.07) is 0. The summed E-state index contributed by atoms with van der Waals surface area (Å²) >= 11 is 0. The third kappa shape index (κ3) is 2.97. The first-order valence-corrected chi connectivity index (χ1v) is 7.43. The number of carbonyl (C=O) groups excluding carboxylic acids is 1. The molecule has 1 heterocycles. The molecule has 0 spiro atoms. The van der Waals surface area contributed by atoms with Crippen molar-refractivity contribution in [2.45, 2.75) is 18.4 Å². The van der Waals surface area contributed by atoms with Crippen LogP contribution in [-0.4, -0.2) is 69.6 Å². The largest absolute Gasteiger partial charge is 0.347 e. The van der Waals surface area contributed by atoms with Crippen molar-refractivity contribution >= 4 is 15.9 Å². The fourth-order valence-electron chi connectivity index (χ4n) is 2.20. The smallest absolute Gasteiger partial charge is 0.242 e. The molecule has 1 fully saturated rings. The minimum absolute atomic E-state index is 0.00755. The molecule has 1 N–H and O–H groups in total. The zero-order valence-electron chi connectivity index (χ0n) is 10.9. The normalized spacial score (nSPS) is 21.2. The lowest BCUT2D eigenvalue weighted by Gasteiger charge is -2.40. The molecule has 0 aromatic carbocycles. The van der Waals surface area contributed by atoms with Gasteiger partial charge in [0.05, 0.1) is 6.26 Å². The predicted octanol–water partition coefficient (Wildman–Crippen LogP) is -0.912. The molecule has 0 aliphatic carbocycles. The predicted molar refractivity (Wildman–Crippen MR) is 66.1 cm³/mol. The molecule has 1 amide bonds.